The number of aliphatic hydroxyl groups excluding tert-OH is 1. The number of aliphatic hydroxyl groups is 1. The third-order valence-electron chi connectivity index (χ3n) is 7.72. The zero-order valence-corrected chi connectivity index (χ0v) is 19.9. The van der Waals surface area contributed by atoms with Crippen LogP contribution in [0.2, 0.25) is 0 Å². The zero-order chi connectivity index (χ0) is 25.1. The number of hydrogen-bond acceptors (Lipinski definition) is 3. The molecule has 4 N–H and O–H groups in total. The van der Waals surface area contributed by atoms with Gasteiger partial charge < -0.3 is 20.7 Å². The molecule has 1 atom stereocenters. The number of aryl methyl sites for hydroxylation is 1. The maximum absolute atomic E-state index is 13.8. The Hall–Kier alpha value is -3.97. The molecule has 0 radical (unpaired) electrons. The van der Waals surface area contributed by atoms with Crippen LogP contribution < -0.4 is 10.6 Å². The van der Waals surface area contributed by atoms with E-state index in [1.54, 1.807) is 17.0 Å². The number of benzene rings is 3. The Bertz CT molecular complexity index is 1570. The zero-order valence-electron chi connectivity index (χ0n) is 19.9. The lowest BCUT2D eigenvalue weighted by Gasteiger charge is -2.22. The van der Waals surface area contributed by atoms with E-state index in [9.17, 15) is 19.1 Å². The van der Waals surface area contributed by atoms with E-state index in [4.69, 9.17) is 5.73 Å². The third kappa shape index (κ3) is 3.34. The number of H-pyrrole nitrogens is 1. The van der Waals surface area contributed by atoms with Gasteiger partial charge >= 0.3 is 0 Å². The molecule has 2 heterocycles. The number of carbonyl (C=O) groups is 2. The summed E-state index contributed by atoms with van der Waals surface area (Å²) in [5.41, 5.74) is 13.9. The topological polar surface area (TPSA) is 99.4 Å². The van der Waals surface area contributed by atoms with Crippen molar-refractivity contribution < 1.29 is 19.1 Å². The van der Waals surface area contributed by atoms with Gasteiger partial charge in [-0.1, -0.05) is 18.2 Å². The molecule has 0 saturated carbocycles. The molecule has 182 valence electrons. The smallest absolute Gasteiger partial charge is 0.258 e. The highest BCUT2D eigenvalue weighted by Crippen LogP contribution is 2.42. The van der Waals surface area contributed by atoms with Crippen LogP contribution in [0.1, 0.15) is 49.5 Å². The molecule has 0 saturated heterocycles. The molecular formula is C29H26FN3O3. The van der Waals surface area contributed by atoms with Gasteiger partial charge in [-0.2, -0.15) is 0 Å². The van der Waals surface area contributed by atoms with Gasteiger partial charge in [0, 0.05) is 28.9 Å². The summed E-state index contributed by atoms with van der Waals surface area (Å²) in [4.78, 5) is 30.6. The predicted molar refractivity (Wildman–Crippen MR) is 137 cm³/mol. The molecule has 6 nitrogen and oxygen atoms in total. The Labute approximate surface area is 207 Å². The van der Waals surface area contributed by atoms with Crippen molar-refractivity contribution in [2.75, 3.05) is 11.5 Å². The molecule has 0 fully saturated rings. The fourth-order valence-corrected chi connectivity index (χ4v) is 5.89. The second-order valence-electron chi connectivity index (χ2n) is 9.79. The number of nitrogens with one attached hydrogen (secondary N) is 1. The van der Waals surface area contributed by atoms with Crippen molar-refractivity contribution in [3.05, 3.63) is 87.9 Å². The number of fused-ring (bicyclic) bond motifs is 4. The van der Waals surface area contributed by atoms with Crippen molar-refractivity contribution in [2.45, 2.75) is 32.7 Å². The Morgan fingerprint density at radius 1 is 1.17 bits per heavy atom. The molecule has 2 amide bonds. The van der Waals surface area contributed by atoms with Gasteiger partial charge in [0.15, 0.2) is 0 Å². The molecule has 4 aromatic rings. The number of hydrogen-bond donors (Lipinski definition) is 3. The average molecular weight is 484 g/mol. The fraction of sp³-hybridized carbons (Fsp3) is 0.241. The van der Waals surface area contributed by atoms with Gasteiger partial charge in [0.1, 0.15) is 5.82 Å². The number of primary amides is 1. The minimum atomic E-state index is -0.498. The summed E-state index contributed by atoms with van der Waals surface area (Å²) in [6.07, 6.45) is 2.38. The summed E-state index contributed by atoms with van der Waals surface area (Å²) in [5, 5.41) is 10.7. The largest absolute Gasteiger partial charge is 0.396 e. The SMILES string of the molecule is Cc1c(-c2ccc(C(N)=O)c3[nH]c4c(c23)CCC(CO)C4)cccc1N1Cc2cc(F)ccc2C1=O. The minimum Gasteiger partial charge on any atom is -0.396 e. The normalized spacial score (nSPS) is 16.9. The lowest BCUT2D eigenvalue weighted by Crippen LogP contribution is -2.24. The van der Waals surface area contributed by atoms with E-state index in [1.807, 2.05) is 31.2 Å². The molecule has 0 spiro atoms. The number of amides is 2. The van der Waals surface area contributed by atoms with Crippen molar-refractivity contribution in [3.63, 3.8) is 0 Å². The maximum atomic E-state index is 13.8. The van der Waals surface area contributed by atoms with E-state index in [1.165, 1.54) is 12.1 Å². The van der Waals surface area contributed by atoms with Crippen molar-refractivity contribution >= 4 is 28.4 Å². The Morgan fingerprint density at radius 3 is 2.75 bits per heavy atom. The number of carbonyl (C=O) groups excluding carboxylic acids is 2. The molecule has 1 aliphatic carbocycles. The van der Waals surface area contributed by atoms with E-state index in [2.05, 4.69) is 4.98 Å². The van der Waals surface area contributed by atoms with Crippen LogP contribution in [0.15, 0.2) is 48.5 Å². The third-order valence-corrected chi connectivity index (χ3v) is 7.72. The highest BCUT2D eigenvalue weighted by Gasteiger charge is 2.31. The highest BCUT2D eigenvalue weighted by molar-refractivity contribution is 6.13. The molecule has 1 aromatic heterocycles. The maximum Gasteiger partial charge on any atom is 0.258 e. The molecule has 36 heavy (non-hydrogen) atoms. The summed E-state index contributed by atoms with van der Waals surface area (Å²) < 4.78 is 13.8. The van der Waals surface area contributed by atoms with Crippen LogP contribution in [0.25, 0.3) is 22.0 Å². The number of rotatable bonds is 4. The molecule has 1 unspecified atom stereocenters. The van der Waals surface area contributed by atoms with Gasteiger partial charge in [-0.15, -0.1) is 0 Å². The van der Waals surface area contributed by atoms with Crippen LogP contribution in [0.3, 0.4) is 0 Å². The summed E-state index contributed by atoms with van der Waals surface area (Å²) in [7, 11) is 0. The second kappa shape index (κ2) is 8.31. The lowest BCUT2D eigenvalue weighted by atomic mass is 9.85. The second-order valence-corrected chi connectivity index (χ2v) is 9.79. The Morgan fingerprint density at radius 2 is 1.97 bits per heavy atom. The van der Waals surface area contributed by atoms with Crippen LogP contribution in [-0.2, 0) is 19.4 Å². The van der Waals surface area contributed by atoms with Crippen molar-refractivity contribution in [1.82, 2.24) is 4.98 Å². The molecule has 7 heteroatoms. The summed E-state index contributed by atoms with van der Waals surface area (Å²) in [6.45, 7) is 2.42. The predicted octanol–water partition coefficient (Wildman–Crippen LogP) is 4.64. The van der Waals surface area contributed by atoms with Crippen molar-refractivity contribution in [2.24, 2.45) is 11.7 Å². The number of aromatic nitrogens is 1. The standard InChI is InChI=1S/C29H26FN3O3/c1-15-19(3-2-4-25(15)33-13-17-12-18(30)6-8-20(17)29(33)36)21-9-10-23(28(31)35)27-26(21)22-7-5-16(14-34)11-24(22)32-27/h2-4,6,8-10,12,16,32,34H,5,7,11,13-14H2,1H3,(H2,31,35). The van der Waals surface area contributed by atoms with Crippen LogP contribution in [0.4, 0.5) is 10.1 Å². The first kappa shape index (κ1) is 22.5. The Balaban J connectivity index is 1.51. The minimum absolute atomic E-state index is 0.127. The van der Waals surface area contributed by atoms with E-state index < -0.39 is 5.91 Å². The van der Waals surface area contributed by atoms with Crippen LogP contribution >= 0.6 is 0 Å². The molecule has 2 aliphatic rings. The van der Waals surface area contributed by atoms with E-state index in [0.29, 0.717) is 35.2 Å². The van der Waals surface area contributed by atoms with Gasteiger partial charge in [-0.05, 0) is 90.3 Å². The number of nitrogens with zero attached hydrogens (tertiary/aromatic N) is 1. The average Bonchev–Trinajstić information content (AvgIpc) is 3.40. The molecule has 1 aliphatic heterocycles. The monoisotopic (exact) mass is 483 g/mol. The fourth-order valence-electron chi connectivity index (χ4n) is 5.89. The highest BCUT2D eigenvalue weighted by atomic mass is 19.1. The van der Waals surface area contributed by atoms with Crippen LogP contribution in [-0.4, -0.2) is 28.5 Å². The first-order valence-corrected chi connectivity index (χ1v) is 12.1. The summed E-state index contributed by atoms with van der Waals surface area (Å²) in [6, 6.07) is 13.8. The molecule has 0 bridgehead atoms. The first-order valence-electron chi connectivity index (χ1n) is 12.1. The number of anilines is 1. The van der Waals surface area contributed by atoms with Crippen molar-refractivity contribution in [3.8, 4) is 11.1 Å². The van der Waals surface area contributed by atoms with Gasteiger partial charge in [-0.25, -0.2) is 4.39 Å². The van der Waals surface area contributed by atoms with Gasteiger partial charge in [0.05, 0.1) is 17.6 Å². The van der Waals surface area contributed by atoms with Crippen LogP contribution in [0.5, 0.6) is 0 Å². The number of halogens is 1. The summed E-state index contributed by atoms with van der Waals surface area (Å²) in [5.74, 6) is -0.814. The molecule has 6 rings (SSSR count). The van der Waals surface area contributed by atoms with Gasteiger partial charge in [0.2, 0.25) is 0 Å². The molecule has 3 aromatic carbocycles. The number of nitrogens with two attached hydrogens (primary N) is 1. The number of aromatic amines is 1. The van der Waals surface area contributed by atoms with Crippen LogP contribution in [0, 0.1) is 18.7 Å². The lowest BCUT2D eigenvalue weighted by molar-refractivity contribution is 0.0990. The van der Waals surface area contributed by atoms with E-state index in [0.717, 1.165) is 51.9 Å². The van der Waals surface area contributed by atoms with Gasteiger partial charge in [-0.3, -0.25) is 9.59 Å². The van der Waals surface area contributed by atoms with Crippen molar-refractivity contribution in [1.29, 1.82) is 0 Å². The summed E-state index contributed by atoms with van der Waals surface area (Å²) >= 11 is 0. The van der Waals surface area contributed by atoms with Gasteiger partial charge in [0.25, 0.3) is 11.8 Å². The van der Waals surface area contributed by atoms with E-state index in [-0.39, 0.29) is 24.2 Å². The first-order chi connectivity index (χ1) is 17.4. The molecular weight excluding hydrogens is 457 g/mol. The van der Waals surface area contributed by atoms with E-state index >= 15 is 0 Å². The Kier molecular flexibility index (Phi) is 5.19. The quantitative estimate of drug-likeness (QED) is 0.394.